The van der Waals surface area contributed by atoms with E-state index >= 15 is 0 Å². The van der Waals surface area contributed by atoms with Gasteiger partial charge in [-0.2, -0.15) is 0 Å². The Labute approximate surface area is 169 Å². The summed E-state index contributed by atoms with van der Waals surface area (Å²) in [5.41, 5.74) is 3.23. The van der Waals surface area contributed by atoms with Crippen LogP contribution >= 0.6 is 43.5 Å². The van der Waals surface area contributed by atoms with E-state index in [1.54, 1.807) is 0 Å². The zero-order valence-corrected chi connectivity index (χ0v) is 17.2. The lowest BCUT2D eigenvalue weighted by Gasteiger charge is -2.14. The van der Waals surface area contributed by atoms with Gasteiger partial charge in [-0.1, -0.05) is 55.6 Å². The molecular weight excluding hydrogens is 465 g/mol. The first kappa shape index (κ1) is 18.3. The normalized spacial score (nSPS) is 10.5. The Kier molecular flexibility index (Phi) is 6.40. The van der Waals surface area contributed by atoms with Gasteiger partial charge >= 0.3 is 0 Å². The van der Waals surface area contributed by atoms with Crippen LogP contribution in [0.4, 0.5) is 5.69 Å². The van der Waals surface area contributed by atoms with Crippen LogP contribution < -0.4 is 10.1 Å². The number of halogens is 3. The first-order chi connectivity index (χ1) is 12.1. The molecule has 2 nitrogen and oxygen atoms in total. The van der Waals surface area contributed by atoms with Crippen LogP contribution in [0.1, 0.15) is 11.1 Å². The van der Waals surface area contributed by atoms with Crippen molar-refractivity contribution < 1.29 is 4.74 Å². The quantitative estimate of drug-likeness (QED) is 0.407. The Morgan fingerprint density at radius 1 is 0.840 bits per heavy atom. The van der Waals surface area contributed by atoms with Crippen molar-refractivity contribution in [3.05, 3.63) is 91.8 Å². The Bertz CT molecular complexity index is 835. The minimum Gasteiger partial charge on any atom is -0.489 e. The Morgan fingerprint density at radius 2 is 1.52 bits per heavy atom. The third-order valence-corrected chi connectivity index (χ3v) is 4.93. The number of nitrogens with one attached hydrogen (secondary N) is 1. The highest BCUT2D eigenvalue weighted by Gasteiger charge is 2.06. The Balaban J connectivity index is 1.69. The summed E-state index contributed by atoms with van der Waals surface area (Å²) in [7, 11) is 0. The van der Waals surface area contributed by atoms with Crippen molar-refractivity contribution in [1.29, 1.82) is 0 Å². The van der Waals surface area contributed by atoms with Gasteiger partial charge in [0.05, 0.1) is 0 Å². The standard InChI is InChI=1S/C20H16Br2ClNO/c21-16-3-8-19(9-4-16)24-12-15-11-17(22)5-10-20(15)25-13-14-1-6-18(23)7-2-14/h1-11,24H,12-13H2. The summed E-state index contributed by atoms with van der Waals surface area (Å²) in [5.74, 6) is 0.864. The van der Waals surface area contributed by atoms with Crippen LogP contribution in [0.3, 0.4) is 0 Å². The van der Waals surface area contributed by atoms with Crippen molar-refractivity contribution >= 4 is 49.1 Å². The summed E-state index contributed by atoms with van der Waals surface area (Å²) in [6.07, 6.45) is 0. The van der Waals surface area contributed by atoms with Gasteiger partial charge in [0.2, 0.25) is 0 Å². The van der Waals surface area contributed by atoms with Crippen LogP contribution in [-0.4, -0.2) is 0 Å². The lowest BCUT2D eigenvalue weighted by atomic mass is 10.2. The fourth-order valence-corrected chi connectivity index (χ4v) is 3.13. The number of benzene rings is 3. The van der Waals surface area contributed by atoms with Crippen LogP contribution in [0.25, 0.3) is 0 Å². The van der Waals surface area contributed by atoms with E-state index < -0.39 is 0 Å². The third-order valence-electron chi connectivity index (χ3n) is 3.66. The largest absolute Gasteiger partial charge is 0.489 e. The van der Waals surface area contributed by atoms with Gasteiger partial charge in [-0.05, 0) is 60.2 Å². The number of anilines is 1. The molecule has 0 aliphatic rings. The molecule has 25 heavy (non-hydrogen) atoms. The van der Waals surface area contributed by atoms with Gasteiger partial charge < -0.3 is 10.1 Å². The maximum atomic E-state index is 6.01. The lowest BCUT2D eigenvalue weighted by molar-refractivity contribution is 0.303. The van der Waals surface area contributed by atoms with Crippen LogP contribution in [0.15, 0.2) is 75.7 Å². The third kappa shape index (κ3) is 5.50. The SMILES string of the molecule is Clc1ccc(COc2ccc(Br)cc2CNc2ccc(Br)cc2)cc1. The van der Waals surface area contributed by atoms with E-state index in [1.807, 2.05) is 60.7 Å². The molecule has 0 saturated carbocycles. The second-order valence-electron chi connectivity index (χ2n) is 5.53. The van der Waals surface area contributed by atoms with Crippen molar-refractivity contribution in [2.45, 2.75) is 13.2 Å². The van der Waals surface area contributed by atoms with E-state index in [9.17, 15) is 0 Å². The van der Waals surface area contributed by atoms with Gasteiger partial charge in [0, 0.05) is 31.8 Å². The number of hydrogen-bond donors (Lipinski definition) is 1. The van der Waals surface area contributed by atoms with Crippen molar-refractivity contribution in [1.82, 2.24) is 0 Å². The summed E-state index contributed by atoms with van der Waals surface area (Å²) in [6, 6.07) is 21.8. The van der Waals surface area contributed by atoms with E-state index in [0.717, 1.165) is 36.5 Å². The molecule has 0 spiro atoms. The summed E-state index contributed by atoms with van der Waals surface area (Å²) < 4.78 is 8.10. The first-order valence-corrected chi connectivity index (χ1v) is 9.72. The summed E-state index contributed by atoms with van der Waals surface area (Å²) in [6.45, 7) is 1.18. The monoisotopic (exact) mass is 479 g/mol. The second-order valence-corrected chi connectivity index (χ2v) is 7.80. The fourth-order valence-electron chi connectivity index (χ4n) is 2.33. The van der Waals surface area contributed by atoms with Gasteiger partial charge in [0.1, 0.15) is 12.4 Å². The Morgan fingerprint density at radius 3 is 2.24 bits per heavy atom. The zero-order chi connectivity index (χ0) is 17.6. The molecule has 1 N–H and O–H groups in total. The summed E-state index contributed by atoms with van der Waals surface area (Å²) in [5, 5.41) is 4.15. The van der Waals surface area contributed by atoms with Gasteiger partial charge in [0.25, 0.3) is 0 Å². The molecule has 0 fully saturated rings. The lowest BCUT2D eigenvalue weighted by Crippen LogP contribution is -2.04. The highest BCUT2D eigenvalue weighted by molar-refractivity contribution is 9.10. The van der Waals surface area contributed by atoms with Gasteiger partial charge in [0.15, 0.2) is 0 Å². The second kappa shape index (κ2) is 8.75. The molecule has 0 radical (unpaired) electrons. The van der Waals surface area contributed by atoms with Crippen molar-refractivity contribution in [3.63, 3.8) is 0 Å². The number of rotatable bonds is 6. The highest BCUT2D eigenvalue weighted by atomic mass is 79.9. The molecule has 0 aliphatic carbocycles. The van der Waals surface area contributed by atoms with E-state index in [4.69, 9.17) is 16.3 Å². The van der Waals surface area contributed by atoms with Crippen LogP contribution in [0.2, 0.25) is 5.02 Å². The molecule has 0 aliphatic heterocycles. The minimum absolute atomic E-state index is 0.504. The molecule has 128 valence electrons. The predicted molar refractivity (Wildman–Crippen MR) is 111 cm³/mol. The zero-order valence-electron chi connectivity index (χ0n) is 13.3. The average Bonchev–Trinajstić information content (AvgIpc) is 2.62. The first-order valence-electron chi connectivity index (χ1n) is 7.75. The van der Waals surface area contributed by atoms with Crippen molar-refractivity contribution in [2.75, 3.05) is 5.32 Å². The predicted octanol–water partition coefficient (Wildman–Crippen LogP) is 7.06. The number of ether oxygens (including phenoxy) is 1. The van der Waals surface area contributed by atoms with E-state index in [2.05, 4.69) is 43.2 Å². The molecule has 0 unspecified atom stereocenters. The van der Waals surface area contributed by atoms with Gasteiger partial charge in [-0.15, -0.1) is 0 Å². The summed E-state index contributed by atoms with van der Waals surface area (Å²) in [4.78, 5) is 0. The fraction of sp³-hybridized carbons (Fsp3) is 0.100. The molecule has 5 heteroatoms. The molecule has 0 amide bonds. The minimum atomic E-state index is 0.504. The maximum absolute atomic E-state index is 6.01. The molecule has 0 atom stereocenters. The number of hydrogen-bond acceptors (Lipinski definition) is 2. The summed E-state index contributed by atoms with van der Waals surface area (Å²) >= 11 is 12.9. The van der Waals surface area contributed by atoms with E-state index in [-0.39, 0.29) is 0 Å². The average molecular weight is 482 g/mol. The van der Waals surface area contributed by atoms with E-state index in [1.165, 1.54) is 0 Å². The van der Waals surface area contributed by atoms with Crippen LogP contribution in [0.5, 0.6) is 5.75 Å². The van der Waals surface area contributed by atoms with E-state index in [0.29, 0.717) is 13.2 Å². The van der Waals surface area contributed by atoms with Crippen molar-refractivity contribution in [3.8, 4) is 5.75 Å². The molecule has 3 aromatic rings. The van der Waals surface area contributed by atoms with Crippen LogP contribution in [0, 0.1) is 0 Å². The molecular formula is C20H16Br2ClNO. The Hall–Kier alpha value is -1.49. The smallest absolute Gasteiger partial charge is 0.124 e. The molecule has 0 bridgehead atoms. The maximum Gasteiger partial charge on any atom is 0.124 e. The molecule has 0 heterocycles. The molecule has 3 rings (SSSR count). The van der Waals surface area contributed by atoms with Crippen LogP contribution in [-0.2, 0) is 13.2 Å². The molecule has 3 aromatic carbocycles. The molecule has 0 saturated heterocycles. The highest BCUT2D eigenvalue weighted by Crippen LogP contribution is 2.26. The van der Waals surface area contributed by atoms with Gasteiger partial charge in [-0.3, -0.25) is 0 Å². The van der Waals surface area contributed by atoms with Crippen molar-refractivity contribution in [2.24, 2.45) is 0 Å². The van der Waals surface area contributed by atoms with Gasteiger partial charge in [-0.25, -0.2) is 0 Å². The molecule has 0 aromatic heterocycles. The topological polar surface area (TPSA) is 21.3 Å².